The van der Waals surface area contributed by atoms with Crippen LogP contribution in [0.15, 0.2) is 231 Å². The summed E-state index contributed by atoms with van der Waals surface area (Å²) in [5.74, 6) is 0. The summed E-state index contributed by atoms with van der Waals surface area (Å²) in [6.07, 6.45) is 2.35. The van der Waals surface area contributed by atoms with E-state index in [2.05, 4.69) is 406 Å². The first-order chi connectivity index (χ1) is 51.8. The largest absolute Gasteiger partial charge is 0.311 e. The number of anilines is 6. The van der Waals surface area contributed by atoms with Crippen LogP contribution in [0.5, 0.6) is 0 Å². The topological polar surface area (TPSA) is 21.3 Å². The van der Waals surface area contributed by atoms with Gasteiger partial charge in [-0.3, -0.25) is 0 Å². The molecule has 0 amide bonds. The molecule has 3 aromatic heterocycles. The molecule has 0 spiro atoms. The molecular weight excluding hydrogens is 1330 g/mol. The Hall–Kier alpha value is -10.3. The second-order valence-electron chi connectivity index (χ2n) is 40.3. The number of benzene rings is 12. The average molecular weight is 1440 g/mol. The van der Waals surface area contributed by atoms with Gasteiger partial charge in [0, 0.05) is 77.8 Å². The predicted molar refractivity (Wildman–Crippen MR) is 476 cm³/mol. The Morgan fingerprint density at radius 1 is 0.255 bits per heavy atom. The zero-order valence-corrected chi connectivity index (χ0v) is 69.2. The van der Waals surface area contributed by atoms with E-state index in [-0.39, 0.29) is 50.0 Å². The summed E-state index contributed by atoms with van der Waals surface area (Å²) in [6, 6.07) is 91.9. The molecule has 0 saturated heterocycles. The molecule has 2 aliphatic heterocycles. The molecule has 0 unspecified atom stereocenters. The summed E-state index contributed by atoms with van der Waals surface area (Å²) >= 11 is 0. The van der Waals surface area contributed by atoms with Crippen LogP contribution in [-0.4, -0.2) is 20.4 Å². The number of hydrogen-bond acceptors (Lipinski definition) is 2. The minimum atomic E-state index is -0.202. The van der Waals surface area contributed by atoms with Crippen LogP contribution in [-0.2, 0) is 43.3 Å². The Kier molecular flexibility index (Phi) is 15.6. The fourth-order valence-corrected chi connectivity index (χ4v) is 18.8. The van der Waals surface area contributed by atoms with Crippen LogP contribution < -0.4 is 26.2 Å². The van der Waals surface area contributed by atoms with Gasteiger partial charge in [0.25, 0.3) is 6.71 Å². The normalized spacial score (nSPS) is 15.2. The highest BCUT2D eigenvalue weighted by molar-refractivity contribution is 7.00. The SMILES string of the molecule is CC(C)(C)c1cc(N2c3cc(-n4c5ccc(C(C)(C)C)cc5c5cc(C(C)(C)C)ccc54)ccc3B3c4ccc(-n5c6ccc(C(C)(C)C)cc6c6cc(C(C)(C)C)ccc65)cc4N(c4ccc(-c5ccc6c(c5)C(C)(C)CCC6(C)C)cc4)c4cc(-n5c6ccccc6c6ccccc65)cc2c43)cc(C(C)(C)C)c1. The first-order valence-corrected chi connectivity index (χ1v) is 40.5. The minimum absolute atomic E-state index is 0.0442. The van der Waals surface area contributed by atoms with E-state index in [1.165, 1.54) is 150 Å². The van der Waals surface area contributed by atoms with Crippen molar-refractivity contribution in [2.24, 2.45) is 0 Å². The average Bonchev–Trinajstić information content (AvgIpc) is 0.835. The van der Waals surface area contributed by atoms with Crippen molar-refractivity contribution in [2.45, 2.75) is 208 Å². The predicted octanol–water partition coefficient (Wildman–Crippen LogP) is 26.9. The van der Waals surface area contributed by atoms with E-state index in [9.17, 15) is 0 Å². The highest BCUT2D eigenvalue weighted by Crippen LogP contribution is 2.52. The Bertz CT molecular complexity index is 6120. The van der Waals surface area contributed by atoms with Gasteiger partial charge < -0.3 is 23.5 Å². The first-order valence-electron chi connectivity index (χ1n) is 40.5. The quantitative estimate of drug-likeness (QED) is 0.155. The van der Waals surface area contributed by atoms with Crippen molar-refractivity contribution < 1.29 is 0 Å². The summed E-state index contributed by atoms with van der Waals surface area (Å²) in [7, 11) is 0. The molecule has 5 nitrogen and oxygen atoms in total. The number of nitrogens with zero attached hydrogens (tertiary/aromatic N) is 5. The van der Waals surface area contributed by atoms with Crippen LogP contribution in [0.1, 0.15) is 210 Å². The van der Waals surface area contributed by atoms with Crippen molar-refractivity contribution in [3.05, 3.63) is 275 Å². The van der Waals surface area contributed by atoms with Crippen molar-refractivity contribution in [2.75, 3.05) is 9.80 Å². The van der Waals surface area contributed by atoms with Gasteiger partial charge >= 0.3 is 0 Å². The van der Waals surface area contributed by atoms with E-state index in [1.807, 2.05) is 0 Å². The van der Waals surface area contributed by atoms with Crippen LogP contribution in [0.2, 0.25) is 0 Å². The molecule has 110 heavy (non-hydrogen) atoms. The van der Waals surface area contributed by atoms with E-state index in [1.54, 1.807) is 0 Å². The second kappa shape index (κ2) is 24.1. The number of aromatic nitrogens is 3. The monoisotopic (exact) mass is 1440 g/mol. The molecule has 0 bridgehead atoms. The standard InChI is InChI=1S/C104H108BN5/c1-97(2,3)65-34-45-88-78(55-65)79-56-66(98(4,5)6)35-46-89(79)107(88)72-40-43-84-92(59-72)106(71-38-31-63(32-39-71)64-33-42-82-83(51-64)104(21,22)50-49-103(82,19)20)94-61-75(109-86-29-25-23-27-76(86)77-28-24-26-30-87(77)109)62-95-96(94)105(84)85-44-41-73(60-93(85)110(95)74-53-69(101(13,14)15)52-70(54-74)102(16,17)18)108-90-47-36-67(99(7,8)9)57-80(90)81-58-68(100(10,11)12)37-48-91(81)108/h23-48,51-62H,49-50H2,1-22H3. The summed E-state index contributed by atoms with van der Waals surface area (Å²) in [6.45, 7) is 51.9. The Balaban J connectivity index is 0.971. The number of hydrogen-bond donors (Lipinski definition) is 0. The highest BCUT2D eigenvalue weighted by atomic mass is 15.2. The van der Waals surface area contributed by atoms with Gasteiger partial charge in [-0.15, -0.1) is 0 Å². The second-order valence-corrected chi connectivity index (χ2v) is 40.3. The van der Waals surface area contributed by atoms with Crippen LogP contribution in [0, 0.1) is 0 Å². The summed E-state index contributed by atoms with van der Waals surface area (Å²) < 4.78 is 7.70. The van der Waals surface area contributed by atoms with E-state index < -0.39 is 0 Å². The summed E-state index contributed by atoms with van der Waals surface area (Å²) in [4.78, 5) is 5.37. The molecular formula is C104H108BN5. The van der Waals surface area contributed by atoms with Gasteiger partial charge in [-0.1, -0.05) is 262 Å². The molecule has 552 valence electrons. The molecule has 1 aliphatic carbocycles. The molecule has 0 fully saturated rings. The maximum absolute atomic E-state index is 2.70. The fraction of sp³-hybridized carbons (Fsp3) is 0.308. The van der Waals surface area contributed by atoms with Crippen molar-refractivity contribution >= 4 is 123 Å². The highest BCUT2D eigenvalue weighted by Gasteiger charge is 2.46. The summed E-state index contributed by atoms with van der Waals surface area (Å²) in [5.41, 5.74) is 34.2. The van der Waals surface area contributed by atoms with Gasteiger partial charge in [0.05, 0.1) is 38.8 Å². The molecule has 6 heteroatoms. The van der Waals surface area contributed by atoms with E-state index in [0.29, 0.717) is 0 Å². The van der Waals surface area contributed by atoms with E-state index in [0.717, 1.165) is 51.9 Å². The van der Waals surface area contributed by atoms with Gasteiger partial charge in [0.2, 0.25) is 0 Å². The summed E-state index contributed by atoms with van der Waals surface area (Å²) in [5, 5.41) is 7.57. The minimum Gasteiger partial charge on any atom is -0.311 e. The van der Waals surface area contributed by atoms with Crippen molar-refractivity contribution in [1.29, 1.82) is 0 Å². The lowest BCUT2D eigenvalue weighted by atomic mass is 9.33. The molecule has 5 heterocycles. The van der Waals surface area contributed by atoms with Crippen LogP contribution in [0.3, 0.4) is 0 Å². The van der Waals surface area contributed by atoms with E-state index >= 15 is 0 Å². The molecule has 3 aliphatic rings. The van der Waals surface area contributed by atoms with Crippen molar-refractivity contribution in [3.63, 3.8) is 0 Å². The molecule has 0 atom stereocenters. The molecule has 0 N–H and O–H groups in total. The molecule has 0 radical (unpaired) electrons. The maximum atomic E-state index is 2.70. The van der Waals surface area contributed by atoms with Crippen molar-refractivity contribution in [3.8, 4) is 28.2 Å². The van der Waals surface area contributed by atoms with Gasteiger partial charge in [-0.05, 0) is 250 Å². The fourth-order valence-electron chi connectivity index (χ4n) is 18.8. The maximum Gasteiger partial charge on any atom is 0.252 e. The van der Waals surface area contributed by atoms with Crippen LogP contribution in [0.4, 0.5) is 34.1 Å². The number of rotatable bonds is 6. The third-order valence-electron chi connectivity index (χ3n) is 25.6. The first kappa shape index (κ1) is 71.3. The lowest BCUT2D eigenvalue weighted by molar-refractivity contribution is 0.332. The van der Waals surface area contributed by atoms with E-state index in [4.69, 9.17) is 0 Å². The lowest BCUT2D eigenvalue weighted by Gasteiger charge is -2.45. The third kappa shape index (κ3) is 11.4. The molecule has 15 aromatic rings. The molecule has 18 rings (SSSR count). The van der Waals surface area contributed by atoms with Gasteiger partial charge in [-0.25, -0.2) is 0 Å². The zero-order chi connectivity index (χ0) is 77.4. The van der Waals surface area contributed by atoms with Crippen molar-refractivity contribution in [1.82, 2.24) is 13.7 Å². The third-order valence-corrected chi connectivity index (χ3v) is 25.6. The van der Waals surface area contributed by atoms with Gasteiger partial charge in [0.15, 0.2) is 0 Å². The molecule has 0 saturated carbocycles. The Morgan fingerprint density at radius 3 is 0.991 bits per heavy atom. The van der Waals surface area contributed by atoms with Gasteiger partial charge in [0.1, 0.15) is 0 Å². The lowest BCUT2D eigenvalue weighted by Crippen LogP contribution is -2.61. The number of para-hydroxylation sites is 2. The van der Waals surface area contributed by atoms with Gasteiger partial charge in [-0.2, -0.15) is 0 Å². The number of fused-ring (bicyclic) bond motifs is 14. The van der Waals surface area contributed by atoms with Crippen LogP contribution in [0.25, 0.3) is 93.6 Å². The Labute approximate surface area is 653 Å². The molecule has 12 aromatic carbocycles. The smallest absolute Gasteiger partial charge is 0.252 e. The zero-order valence-electron chi connectivity index (χ0n) is 69.2. The van der Waals surface area contributed by atoms with Crippen LogP contribution >= 0.6 is 0 Å². The Morgan fingerprint density at radius 2 is 0.591 bits per heavy atom.